The van der Waals surface area contributed by atoms with Crippen LogP contribution in [0.2, 0.25) is 0 Å². The molecule has 0 heterocycles. The minimum Gasteiger partial charge on any atom is -0.478 e. The van der Waals surface area contributed by atoms with Crippen LogP contribution in [-0.4, -0.2) is 51.7 Å². The number of carboxylic acids is 2. The standard InChI is InChI=1S/C14H10O4.Na/c15-13(16)11-5-1-9(2-6-11)10-3-7-12(8-4-10)14(17)18;/h1-8H,(H,15,16)(H,17,18);. The molecule has 0 amide bonds. The average molecular weight is 265 g/mol. The van der Waals surface area contributed by atoms with E-state index in [9.17, 15) is 9.59 Å². The van der Waals surface area contributed by atoms with Crippen LogP contribution in [-0.2, 0) is 0 Å². The van der Waals surface area contributed by atoms with E-state index in [-0.39, 0.29) is 40.7 Å². The van der Waals surface area contributed by atoms with Gasteiger partial charge in [-0.25, -0.2) is 9.59 Å². The fourth-order valence-electron chi connectivity index (χ4n) is 1.61. The number of aromatic carboxylic acids is 2. The fourth-order valence-corrected chi connectivity index (χ4v) is 1.61. The summed E-state index contributed by atoms with van der Waals surface area (Å²) in [6.07, 6.45) is 0. The van der Waals surface area contributed by atoms with Gasteiger partial charge < -0.3 is 10.2 Å². The van der Waals surface area contributed by atoms with Crippen molar-refractivity contribution in [1.82, 2.24) is 0 Å². The van der Waals surface area contributed by atoms with Crippen molar-refractivity contribution in [1.29, 1.82) is 0 Å². The molecule has 0 saturated heterocycles. The molecule has 0 aliphatic carbocycles. The molecule has 2 rings (SSSR count). The van der Waals surface area contributed by atoms with E-state index in [0.717, 1.165) is 11.1 Å². The summed E-state index contributed by atoms with van der Waals surface area (Å²) < 4.78 is 0. The van der Waals surface area contributed by atoms with Crippen molar-refractivity contribution in [2.24, 2.45) is 0 Å². The first-order valence-corrected chi connectivity index (χ1v) is 5.25. The number of benzene rings is 2. The largest absolute Gasteiger partial charge is 0.478 e. The molecule has 0 atom stereocenters. The van der Waals surface area contributed by atoms with Gasteiger partial charge in [0.05, 0.1) is 11.1 Å². The van der Waals surface area contributed by atoms with Gasteiger partial charge in [-0.1, -0.05) is 24.3 Å². The summed E-state index contributed by atoms with van der Waals surface area (Å²) in [4.78, 5) is 21.4. The summed E-state index contributed by atoms with van der Waals surface area (Å²) in [7, 11) is 0. The van der Waals surface area contributed by atoms with E-state index >= 15 is 0 Å². The molecular weight excluding hydrogens is 255 g/mol. The van der Waals surface area contributed by atoms with E-state index in [2.05, 4.69) is 0 Å². The first-order valence-electron chi connectivity index (χ1n) is 5.25. The zero-order chi connectivity index (χ0) is 13.1. The molecule has 0 bridgehead atoms. The Morgan fingerprint density at radius 2 is 0.895 bits per heavy atom. The van der Waals surface area contributed by atoms with Crippen LogP contribution in [0.1, 0.15) is 20.7 Å². The van der Waals surface area contributed by atoms with Gasteiger partial charge in [-0.05, 0) is 35.4 Å². The maximum atomic E-state index is 10.7. The molecule has 19 heavy (non-hydrogen) atoms. The normalized spacial score (nSPS) is 9.47. The summed E-state index contributed by atoms with van der Waals surface area (Å²) >= 11 is 0. The van der Waals surface area contributed by atoms with Gasteiger partial charge in [0.25, 0.3) is 0 Å². The Morgan fingerprint density at radius 1 is 0.632 bits per heavy atom. The van der Waals surface area contributed by atoms with Crippen molar-refractivity contribution in [2.75, 3.05) is 0 Å². The van der Waals surface area contributed by atoms with Gasteiger partial charge >= 0.3 is 11.9 Å². The molecule has 2 aromatic carbocycles. The second-order valence-corrected chi connectivity index (χ2v) is 3.77. The van der Waals surface area contributed by atoms with Crippen molar-refractivity contribution in [3.63, 3.8) is 0 Å². The predicted molar refractivity (Wildman–Crippen MR) is 71.6 cm³/mol. The minimum atomic E-state index is -0.970. The van der Waals surface area contributed by atoms with Crippen molar-refractivity contribution in [3.05, 3.63) is 59.7 Å². The Balaban J connectivity index is 0.00000180. The number of hydrogen-bond donors (Lipinski definition) is 2. The minimum absolute atomic E-state index is 0. The molecule has 0 saturated carbocycles. The zero-order valence-electron chi connectivity index (χ0n) is 10.3. The molecule has 91 valence electrons. The summed E-state index contributed by atoms with van der Waals surface area (Å²) in [5.41, 5.74) is 2.13. The van der Waals surface area contributed by atoms with Crippen LogP contribution in [0.3, 0.4) is 0 Å². The smallest absolute Gasteiger partial charge is 0.335 e. The molecule has 0 spiro atoms. The van der Waals surface area contributed by atoms with Gasteiger partial charge in [-0.2, -0.15) is 0 Å². The number of carbonyl (C=O) groups is 2. The van der Waals surface area contributed by atoms with E-state index < -0.39 is 11.9 Å². The van der Waals surface area contributed by atoms with E-state index in [4.69, 9.17) is 10.2 Å². The maximum absolute atomic E-state index is 10.7. The Bertz CT molecular complexity index is 532. The van der Waals surface area contributed by atoms with E-state index in [1.54, 1.807) is 24.3 Å². The fraction of sp³-hybridized carbons (Fsp3) is 0. The van der Waals surface area contributed by atoms with Crippen LogP contribution in [0.5, 0.6) is 0 Å². The molecule has 4 nitrogen and oxygen atoms in total. The second-order valence-electron chi connectivity index (χ2n) is 3.77. The van der Waals surface area contributed by atoms with E-state index in [1.165, 1.54) is 24.3 Å². The van der Waals surface area contributed by atoms with Crippen LogP contribution in [0.25, 0.3) is 11.1 Å². The zero-order valence-corrected chi connectivity index (χ0v) is 12.3. The summed E-state index contributed by atoms with van der Waals surface area (Å²) in [5, 5.41) is 17.6. The topological polar surface area (TPSA) is 74.6 Å². The molecular formula is C14H10NaO4. The molecule has 0 unspecified atom stereocenters. The average Bonchev–Trinajstić information content (AvgIpc) is 2.39. The summed E-state index contributed by atoms with van der Waals surface area (Å²) in [6.45, 7) is 0. The molecule has 2 aromatic rings. The maximum Gasteiger partial charge on any atom is 0.335 e. The van der Waals surface area contributed by atoms with Gasteiger partial charge in [0.2, 0.25) is 0 Å². The van der Waals surface area contributed by atoms with Crippen molar-refractivity contribution in [3.8, 4) is 11.1 Å². The number of hydrogen-bond acceptors (Lipinski definition) is 2. The monoisotopic (exact) mass is 265 g/mol. The van der Waals surface area contributed by atoms with Crippen LogP contribution in [0, 0.1) is 0 Å². The van der Waals surface area contributed by atoms with E-state index in [0.29, 0.717) is 0 Å². The second kappa shape index (κ2) is 6.52. The Kier molecular flexibility index (Phi) is 5.30. The third-order valence-electron chi connectivity index (χ3n) is 2.60. The van der Waals surface area contributed by atoms with E-state index in [1.807, 2.05) is 0 Å². The van der Waals surface area contributed by atoms with Crippen LogP contribution >= 0.6 is 0 Å². The van der Waals surface area contributed by atoms with Gasteiger partial charge in [-0.15, -0.1) is 0 Å². The van der Waals surface area contributed by atoms with Gasteiger partial charge in [-0.3, -0.25) is 0 Å². The van der Waals surface area contributed by atoms with Crippen molar-refractivity contribution >= 4 is 41.5 Å². The molecule has 0 aliphatic heterocycles. The molecule has 5 heteroatoms. The Labute approximate surface area is 132 Å². The van der Waals surface area contributed by atoms with Crippen LogP contribution < -0.4 is 0 Å². The Hall–Kier alpha value is -1.62. The van der Waals surface area contributed by atoms with Crippen molar-refractivity contribution in [2.45, 2.75) is 0 Å². The molecule has 0 aliphatic rings. The summed E-state index contributed by atoms with van der Waals surface area (Å²) in [5.74, 6) is -1.94. The van der Waals surface area contributed by atoms with Gasteiger partial charge in [0, 0.05) is 29.6 Å². The van der Waals surface area contributed by atoms with Crippen LogP contribution in [0.4, 0.5) is 0 Å². The number of rotatable bonds is 3. The first-order chi connectivity index (χ1) is 8.58. The molecule has 2 N–H and O–H groups in total. The predicted octanol–water partition coefficient (Wildman–Crippen LogP) is 2.37. The first kappa shape index (κ1) is 15.4. The van der Waals surface area contributed by atoms with Gasteiger partial charge in [0.15, 0.2) is 0 Å². The quantitative estimate of drug-likeness (QED) is 0.835. The molecule has 1 radical (unpaired) electrons. The third-order valence-corrected chi connectivity index (χ3v) is 2.60. The third kappa shape index (κ3) is 3.67. The van der Waals surface area contributed by atoms with Crippen molar-refractivity contribution < 1.29 is 19.8 Å². The molecule has 0 aromatic heterocycles. The molecule has 0 fully saturated rings. The SMILES string of the molecule is O=C(O)c1ccc(-c2ccc(C(=O)O)cc2)cc1.[Na]. The van der Waals surface area contributed by atoms with Crippen LogP contribution in [0.15, 0.2) is 48.5 Å². The van der Waals surface area contributed by atoms with Gasteiger partial charge in [0.1, 0.15) is 0 Å². The number of carboxylic acid groups (broad SMARTS) is 2. The summed E-state index contributed by atoms with van der Waals surface area (Å²) in [6, 6.07) is 12.8. The Morgan fingerprint density at radius 3 is 1.11 bits per heavy atom.